The molecule has 0 saturated heterocycles. The molecule has 108 valence electrons. The van der Waals surface area contributed by atoms with E-state index in [2.05, 4.69) is 15.0 Å². The van der Waals surface area contributed by atoms with Crippen LogP contribution in [0.3, 0.4) is 0 Å². The molecule has 0 unspecified atom stereocenters. The molecule has 1 aromatic carbocycles. The average molecular weight is 328 g/mol. The van der Waals surface area contributed by atoms with Crippen LogP contribution in [0.4, 0.5) is 19.0 Å². The summed E-state index contributed by atoms with van der Waals surface area (Å²) >= 11 is 2.41. The van der Waals surface area contributed by atoms with Gasteiger partial charge < -0.3 is 5.73 Å². The second-order valence-electron chi connectivity index (χ2n) is 4.00. The molecular formula is C12H7F3N4S2. The molecule has 9 heteroatoms. The Morgan fingerprint density at radius 1 is 1.10 bits per heavy atom. The van der Waals surface area contributed by atoms with Gasteiger partial charge in [0.15, 0.2) is 4.34 Å². The molecule has 2 N–H and O–H groups in total. The van der Waals surface area contributed by atoms with Crippen molar-refractivity contribution in [1.82, 2.24) is 15.0 Å². The molecule has 2 aromatic heterocycles. The number of benzene rings is 1. The van der Waals surface area contributed by atoms with Crippen LogP contribution in [0.25, 0.3) is 10.2 Å². The van der Waals surface area contributed by atoms with Crippen LogP contribution in [-0.4, -0.2) is 15.0 Å². The fourth-order valence-electron chi connectivity index (χ4n) is 1.61. The molecule has 4 nitrogen and oxygen atoms in total. The van der Waals surface area contributed by atoms with E-state index in [-0.39, 0.29) is 10.8 Å². The Bertz CT molecular complexity index is 768. The molecule has 0 aliphatic heterocycles. The highest BCUT2D eigenvalue weighted by molar-refractivity contribution is 8.01. The maximum atomic E-state index is 12.7. The summed E-state index contributed by atoms with van der Waals surface area (Å²) < 4.78 is 39.5. The van der Waals surface area contributed by atoms with Gasteiger partial charge in [0.25, 0.3) is 0 Å². The van der Waals surface area contributed by atoms with Gasteiger partial charge in [0.2, 0.25) is 5.82 Å². The highest BCUT2D eigenvalue weighted by Crippen LogP contribution is 2.35. The number of nitrogens with zero attached hydrogens (tertiary/aromatic N) is 3. The standard InChI is InChI=1S/C12H7F3N4S2/c13-12(14,15)10-18-8(16)5-9(19-10)21-11-17-6-3-1-2-4-7(6)20-11/h1-5H,(H2,16,18,19). The number of anilines is 1. The molecule has 2 heterocycles. The third kappa shape index (κ3) is 3.08. The smallest absolute Gasteiger partial charge is 0.384 e. The number of nitrogen functional groups attached to an aromatic ring is 1. The molecule has 0 atom stereocenters. The Morgan fingerprint density at radius 3 is 2.57 bits per heavy atom. The maximum Gasteiger partial charge on any atom is 0.451 e. The molecule has 21 heavy (non-hydrogen) atoms. The SMILES string of the molecule is Nc1cc(Sc2nc3ccccc3s2)nc(C(F)(F)F)n1. The van der Waals surface area contributed by atoms with E-state index in [0.717, 1.165) is 22.0 Å². The van der Waals surface area contributed by atoms with Gasteiger partial charge in [-0.2, -0.15) is 13.2 Å². The van der Waals surface area contributed by atoms with Crippen molar-refractivity contribution in [3.8, 4) is 0 Å². The van der Waals surface area contributed by atoms with Crippen LogP contribution in [0, 0.1) is 0 Å². The summed E-state index contributed by atoms with van der Waals surface area (Å²) in [7, 11) is 0. The zero-order valence-corrected chi connectivity index (χ0v) is 11.9. The predicted molar refractivity (Wildman–Crippen MR) is 75.2 cm³/mol. The zero-order chi connectivity index (χ0) is 15.0. The topological polar surface area (TPSA) is 64.7 Å². The zero-order valence-electron chi connectivity index (χ0n) is 10.3. The summed E-state index contributed by atoms with van der Waals surface area (Å²) in [4.78, 5) is 11.0. The number of hydrogen-bond acceptors (Lipinski definition) is 6. The minimum absolute atomic E-state index is 0.119. The first-order chi connectivity index (χ1) is 9.91. The van der Waals surface area contributed by atoms with E-state index < -0.39 is 12.0 Å². The van der Waals surface area contributed by atoms with Gasteiger partial charge >= 0.3 is 6.18 Å². The van der Waals surface area contributed by atoms with Gasteiger partial charge in [-0.25, -0.2) is 15.0 Å². The van der Waals surface area contributed by atoms with E-state index in [4.69, 9.17) is 5.73 Å². The first-order valence-corrected chi connectivity index (χ1v) is 7.30. The summed E-state index contributed by atoms with van der Waals surface area (Å²) in [6, 6.07) is 8.75. The number of hydrogen-bond donors (Lipinski definition) is 1. The molecule has 3 aromatic rings. The molecule has 0 amide bonds. The van der Waals surface area contributed by atoms with Gasteiger partial charge in [-0.15, -0.1) is 11.3 Å². The van der Waals surface area contributed by atoms with E-state index in [9.17, 15) is 13.2 Å². The van der Waals surface area contributed by atoms with Gasteiger partial charge in [-0.3, -0.25) is 0 Å². The Kier molecular flexibility index (Phi) is 3.46. The second-order valence-corrected chi connectivity index (χ2v) is 6.30. The molecule has 0 radical (unpaired) electrons. The lowest BCUT2D eigenvalue weighted by atomic mass is 10.3. The minimum Gasteiger partial charge on any atom is -0.384 e. The van der Waals surface area contributed by atoms with Gasteiger partial charge in [0, 0.05) is 6.07 Å². The Morgan fingerprint density at radius 2 is 1.86 bits per heavy atom. The van der Waals surface area contributed by atoms with Crippen molar-refractivity contribution in [3.63, 3.8) is 0 Å². The number of thiazole rings is 1. The summed E-state index contributed by atoms with van der Waals surface area (Å²) in [6.45, 7) is 0. The lowest BCUT2D eigenvalue weighted by Gasteiger charge is -2.06. The molecule has 3 rings (SSSR count). The van der Waals surface area contributed by atoms with Gasteiger partial charge in [-0.1, -0.05) is 12.1 Å². The third-order valence-electron chi connectivity index (χ3n) is 2.44. The highest BCUT2D eigenvalue weighted by atomic mass is 32.2. The number of aromatic nitrogens is 3. The maximum absolute atomic E-state index is 12.7. The third-order valence-corrected chi connectivity index (χ3v) is 4.46. The Hall–Kier alpha value is -1.87. The highest BCUT2D eigenvalue weighted by Gasteiger charge is 2.35. The van der Waals surface area contributed by atoms with Crippen LogP contribution >= 0.6 is 23.1 Å². The molecule has 0 fully saturated rings. The van der Waals surface area contributed by atoms with Crippen molar-refractivity contribution in [3.05, 3.63) is 36.2 Å². The van der Waals surface area contributed by atoms with Crippen LogP contribution < -0.4 is 5.73 Å². The number of halogens is 3. The largest absolute Gasteiger partial charge is 0.451 e. The predicted octanol–water partition coefficient (Wildman–Crippen LogP) is 3.84. The average Bonchev–Trinajstić information content (AvgIpc) is 2.79. The fraction of sp³-hybridized carbons (Fsp3) is 0.0833. The number of alkyl halides is 3. The normalized spacial score (nSPS) is 12.0. The van der Waals surface area contributed by atoms with Crippen LogP contribution in [-0.2, 0) is 6.18 Å². The number of rotatable bonds is 2. The molecule has 0 bridgehead atoms. The molecule has 0 spiro atoms. The van der Waals surface area contributed by atoms with Crippen molar-refractivity contribution >= 4 is 39.1 Å². The minimum atomic E-state index is -4.63. The first-order valence-electron chi connectivity index (χ1n) is 5.67. The summed E-state index contributed by atoms with van der Waals surface area (Å²) in [6.07, 6.45) is -4.63. The summed E-state index contributed by atoms with van der Waals surface area (Å²) in [5.74, 6) is -1.47. The Labute approximate surface area is 125 Å². The van der Waals surface area contributed by atoms with Gasteiger partial charge in [0.05, 0.1) is 10.2 Å². The van der Waals surface area contributed by atoms with E-state index in [1.807, 2.05) is 24.3 Å². The lowest BCUT2D eigenvalue weighted by molar-refractivity contribution is -0.145. The Balaban J connectivity index is 1.95. The number of fused-ring (bicyclic) bond motifs is 1. The number of nitrogens with two attached hydrogens (primary N) is 1. The molecule has 0 saturated carbocycles. The van der Waals surface area contributed by atoms with Crippen molar-refractivity contribution in [1.29, 1.82) is 0 Å². The van der Waals surface area contributed by atoms with Crippen molar-refractivity contribution in [2.45, 2.75) is 15.5 Å². The summed E-state index contributed by atoms with van der Waals surface area (Å²) in [5.41, 5.74) is 6.20. The monoisotopic (exact) mass is 328 g/mol. The van der Waals surface area contributed by atoms with Crippen LogP contribution in [0.2, 0.25) is 0 Å². The van der Waals surface area contributed by atoms with E-state index in [0.29, 0.717) is 4.34 Å². The van der Waals surface area contributed by atoms with Crippen LogP contribution in [0.5, 0.6) is 0 Å². The van der Waals surface area contributed by atoms with E-state index in [1.165, 1.54) is 17.4 Å². The van der Waals surface area contributed by atoms with Crippen LogP contribution in [0.1, 0.15) is 5.82 Å². The van der Waals surface area contributed by atoms with E-state index in [1.54, 1.807) is 0 Å². The van der Waals surface area contributed by atoms with Gasteiger partial charge in [0.1, 0.15) is 10.8 Å². The molecule has 0 aliphatic carbocycles. The van der Waals surface area contributed by atoms with E-state index >= 15 is 0 Å². The molecular weight excluding hydrogens is 321 g/mol. The second kappa shape index (κ2) is 5.15. The first kappa shape index (κ1) is 14.1. The lowest BCUT2D eigenvalue weighted by Crippen LogP contribution is -2.12. The van der Waals surface area contributed by atoms with Crippen molar-refractivity contribution in [2.24, 2.45) is 0 Å². The molecule has 0 aliphatic rings. The van der Waals surface area contributed by atoms with Crippen LogP contribution in [0.15, 0.2) is 39.7 Å². The fourth-order valence-corrected chi connectivity index (χ4v) is 3.63. The van der Waals surface area contributed by atoms with Gasteiger partial charge in [-0.05, 0) is 23.9 Å². The van der Waals surface area contributed by atoms with Crippen molar-refractivity contribution < 1.29 is 13.2 Å². The summed E-state index contributed by atoms with van der Waals surface area (Å²) in [5, 5.41) is 0.119. The quantitative estimate of drug-likeness (QED) is 0.724. The number of para-hydroxylation sites is 1. The van der Waals surface area contributed by atoms with Crippen molar-refractivity contribution in [2.75, 3.05) is 5.73 Å².